The third-order valence-corrected chi connectivity index (χ3v) is 8.04. The van der Waals surface area contributed by atoms with Crippen LogP contribution in [-0.4, -0.2) is 9.97 Å². The molecule has 0 aliphatic rings. The zero-order chi connectivity index (χ0) is 30.7. The first-order chi connectivity index (χ1) is 21.3. The van der Waals surface area contributed by atoms with Crippen molar-refractivity contribution in [3.05, 3.63) is 190 Å². The second-order valence-electron chi connectivity index (χ2n) is 11.1. The number of nitriles is 1. The fraction of sp³-hybridized carbons (Fsp3) is 0.103. The zero-order valence-electron chi connectivity index (χ0n) is 24.5. The van der Waals surface area contributed by atoms with Gasteiger partial charge < -0.3 is 0 Å². The van der Waals surface area contributed by atoms with Crippen molar-refractivity contribution >= 4 is 0 Å². The molecule has 0 bridgehead atoms. The van der Waals surface area contributed by atoms with E-state index in [9.17, 15) is 14.0 Å². The summed E-state index contributed by atoms with van der Waals surface area (Å²) in [6.07, 6.45) is 0. The summed E-state index contributed by atoms with van der Waals surface area (Å²) < 4.78 is 28.8. The molecular formula is C39H27F2N3Pt. The molecule has 0 amide bonds. The largest absolute Gasteiger partial charge is 2.00 e. The second-order valence-corrected chi connectivity index (χ2v) is 11.1. The van der Waals surface area contributed by atoms with Crippen LogP contribution in [0, 0.1) is 35.1 Å². The van der Waals surface area contributed by atoms with Crippen molar-refractivity contribution in [3.63, 3.8) is 0 Å². The summed E-state index contributed by atoms with van der Waals surface area (Å²) in [5.41, 5.74) is 4.14. The van der Waals surface area contributed by atoms with Crippen LogP contribution >= 0.6 is 0 Å². The van der Waals surface area contributed by atoms with E-state index in [1.807, 2.05) is 97.1 Å². The van der Waals surface area contributed by atoms with E-state index in [-0.39, 0.29) is 26.6 Å². The van der Waals surface area contributed by atoms with Gasteiger partial charge >= 0.3 is 21.1 Å². The Hall–Kier alpha value is -4.78. The van der Waals surface area contributed by atoms with E-state index in [1.165, 1.54) is 0 Å². The van der Waals surface area contributed by atoms with Crippen molar-refractivity contribution in [3.8, 4) is 17.3 Å². The minimum atomic E-state index is -1.01. The smallest absolute Gasteiger partial charge is 0.299 e. The Morgan fingerprint density at radius 3 is 1.91 bits per heavy atom. The van der Waals surface area contributed by atoms with Gasteiger partial charge in [-0.25, -0.2) is 0 Å². The molecule has 6 heteroatoms. The fourth-order valence-corrected chi connectivity index (χ4v) is 5.72. The molecule has 0 radical (unpaired) electrons. The first kappa shape index (κ1) is 31.6. The van der Waals surface area contributed by atoms with Crippen LogP contribution in [0.3, 0.4) is 0 Å². The van der Waals surface area contributed by atoms with E-state index >= 15 is 0 Å². The van der Waals surface area contributed by atoms with Gasteiger partial charge in [-0.1, -0.05) is 110 Å². The predicted molar refractivity (Wildman–Crippen MR) is 167 cm³/mol. The zero-order valence-corrected chi connectivity index (χ0v) is 26.8. The Balaban J connectivity index is 0.00000400. The van der Waals surface area contributed by atoms with E-state index in [4.69, 9.17) is 9.97 Å². The van der Waals surface area contributed by atoms with Crippen LogP contribution in [-0.2, 0) is 31.9 Å². The quantitative estimate of drug-likeness (QED) is 0.153. The van der Waals surface area contributed by atoms with Crippen molar-refractivity contribution < 1.29 is 29.8 Å². The molecule has 4 aromatic carbocycles. The predicted octanol–water partition coefficient (Wildman–Crippen LogP) is 8.60. The fourth-order valence-electron chi connectivity index (χ4n) is 5.72. The number of aromatic nitrogens is 2. The van der Waals surface area contributed by atoms with Crippen molar-refractivity contribution in [2.24, 2.45) is 0 Å². The van der Waals surface area contributed by atoms with Gasteiger partial charge in [-0.3, -0.25) is 18.7 Å². The molecule has 2 aromatic heterocycles. The minimum absolute atomic E-state index is 0. The van der Waals surface area contributed by atoms with Gasteiger partial charge in [-0.05, 0) is 35.0 Å². The summed E-state index contributed by atoms with van der Waals surface area (Å²) in [5.74, 6) is -1.44. The maximum atomic E-state index is 15.0. The Morgan fingerprint density at radius 1 is 0.689 bits per heavy atom. The molecule has 0 atom stereocenters. The average molecular weight is 771 g/mol. The van der Waals surface area contributed by atoms with Crippen LogP contribution in [0.25, 0.3) is 11.3 Å². The molecule has 0 saturated heterocycles. The summed E-state index contributed by atoms with van der Waals surface area (Å²) >= 11 is 0. The molecule has 2 heterocycles. The van der Waals surface area contributed by atoms with Gasteiger partial charge in [0, 0.05) is 22.7 Å². The SMILES string of the molecule is CC(C)(c1[c-]ccc(C#N)c1)c1cccc(C(c2ccccc2)(c2ccccc2)c2cccc(-c3[c-]cc(F)cc3F)n2)n1.[Pt+2]. The van der Waals surface area contributed by atoms with Gasteiger partial charge in [0.15, 0.2) is 0 Å². The molecule has 0 fully saturated rings. The second kappa shape index (κ2) is 13.1. The van der Waals surface area contributed by atoms with Crippen molar-refractivity contribution in [2.45, 2.75) is 24.7 Å². The normalized spacial score (nSPS) is 11.4. The van der Waals surface area contributed by atoms with E-state index in [1.54, 1.807) is 18.2 Å². The molecular weight excluding hydrogens is 744 g/mol. The topological polar surface area (TPSA) is 49.6 Å². The number of benzene rings is 4. The molecule has 0 saturated carbocycles. The Morgan fingerprint density at radius 2 is 1.29 bits per heavy atom. The number of hydrogen-bond donors (Lipinski definition) is 0. The molecule has 0 N–H and O–H groups in total. The van der Waals surface area contributed by atoms with E-state index in [0.717, 1.165) is 34.5 Å². The van der Waals surface area contributed by atoms with Crippen LogP contribution in [0.2, 0.25) is 0 Å². The molecule has 45 heavy (non-hydrogen) atoms. The third kappa shape index (κ3) is 5.87. The molecule has 6 aromatic rings. The molecule has 3 nitrogen and oxygen atoms in total. The van der Waals surface area contributed by atoms with Crippen molar-refractivity contribution in [1.82, 2.24) is 9.97 Å². The number of rotatable bonds is 7. The molecule has 6 rings (SSSR count). The summed E-state index contributed by atoms with van der Waals surface area (Å²) in [4.78, 5) is 10.4. The number of nitrogens with zero attached hydrogens (tertiary/aromatic N) is 3. The van der Waals surface area contributed by atoms with Crippen LogP contribution in [0.15, 0.2) is 127 Å². The Bertz CT molecular complexity index is 1950. The first-order valence-electron chi connectivity index (χ1n) is 14.2. The molecule has 222 valence electrons. The Kier molecular flexibility index (Phi) is 9.18. The van der Waals surface area contributed by atoms with Gasteiger partial charge in [-0.2, -0.15) is 23.5 Å². The van der Waals surface area contributed by atoms with Gasteiger partial charge in [0.05, 0.1) is 17.5 Å². The minimum Gasteiger partial charge on any atom is -0.299 e. The summed E-state index contributed by atoms with van der Waals surface area (Å²) in [6.45, 7) is 4.12. The molecule has 0 spiro atoms. The van der Waals surface area contributed by atoms with Gasteiger partial charge in [0.25, 0.3) is 0 Å². The number of hydrogen-bond acceptors (Lipinski definition) is 3. The summed E-state index contributed by atoms with van der Waals surface area (Å²) in [6, 6.07) is 46.8. The van der Waals surface area contributed by atoms with E-state index in [0.29, 0.717) is 22.6 Å². The molecule has 0 aliphatic carbocycles. The number of pyridine rings is 2. The van der Waals surface area contributed by atoms with Gasteiger partial charge in [0.2, 0.25) is 0 Å². The van der Waals surface area contributed by atoms with Crippen LogP contribution in [0.4, 0.5) is 8.78 Å². The Labute approximate surface area is 276 Å². The van der Waals surface area contributed by atoms with Gasteiger partial charge in [-0.15, -0.1) is 23.8 Å². The molecule has 0 aliphatic heterocycles. The summed E-state index contributed by atoms with van der Waals surface area (Å²) in [7, 11) is 0. The number of halogens is 2. The van der Waals surface area contributed by atoms with Crippen LogP contribution < -0.4 is 0 Å². The van der Waals surface area contributed by atoms with Crippen LogP contribution in [0.5, 0.6) is 0 Å². The van der Waals surface area contributed by atoms with Crippen molar-refractivity contribution in [1.29, 1.82) is 5.26 Å². The van der Waals surface area contributed by atoms with Crippen LogP contribution in [0.1, 0.15) is 53.2 Å². The third-order valence-electron chi connectivity index (χ3n) is 8.04. The first-order valence-corrected chi connectivity index (χ1v) is 14.2. The summed E-state index contributed by atoms with van der Waals surface area (Å²) in [5, 5.41) is 9.53. The maximum absolute atomic E-state index is 15.0. The average Bonchev–Trinajstić information content (AvgIpc) is 3.06. The van der Waals surface area contributed by atoms with E-state index in [2.05, 4.69) is 32.0 Å². The van der Waals surface area contributed by atoms with Gasteiger partial charge in [0.1, 0.15) is 5.41 Å². The maximum Gasteiger partial charge on any atom is 2.00 e. The standard InChI is InChI=1S/C39H27F2N3.Pt/c1-38(2,30-17-9-12-27(24-30)26-42)35-19-11-21-37(44-35)39(28-13-5-3-6-14-28,29-15-7-4-8-16-29)36-20-10-18-34(43-36)32-23-22-31(40)25-33(32)41;/h3-16,18-22,24-25H,1-2H3;/q-2;+2. The molecule has 0 unspecified atom stereocenters. The van der Waals surface area contributed by atoms with Crippen molar-refractivity contribution in [2.75, 3.05) is 0 Å². The monoisotopic (exact) mass is 770 g/mol. The van der Waals surface area contributed by atoms with E-state index < -0.39 is 22.5 Å².